The number of phenolic OH excluding ortho intramolecular Hbond substituents is 1. The van der Waals surface area contributed by atoms with E-state index in [1.807, 2.05) is 0 Å². The summed E-state index contributed by atoms with van der Waals surface area (Å²) in [6.07, 6.45) is 0. The van der Waals surface area contributed by atoms with Gasteiger partial charge in [0.1, 0.15) is 11.5 Å². The molecule has 0 bridgehead atoms. The summed E-state index contributed by atoms with van der Waals surface area (Å²) in [5.74, 6) is 0.197. The molecule has 0 aromatic heterocycles. The van der Waals surface area contributed by atoms with Gasteiger partial charge in [-0.05, 0) is 23.6 Å². The molecule has 2 aromatic carbocycles. The van der Waals surface area contributed by atoms with Crippen LogP contribution in [0.5, 0.6) is 11.5 Å². The van der Waals surface area contributed by atoms with Gasteiger partial charge in [-0.15, -0.1) is 0 Å². The molecular formula is C11H10O3. The van der Waals surface area contributed by atoms with Gasteiger partial charge in [-0.1, -0.05) is 12.1 Å². The van der Waals surface area contributed by atoms with Gasteiger partial charge in [0.25, 0.3) is 0 Å². The summed E-state index contributed by atoms with van der Waals surface area (Å²) in [6.45, 7) is -0.240. The van der Waals surface area contributed by atoms with Crippen molar-refractivity contribution in [1.82, 2.24) is 0 Å². The van der Waals surface area contributed by atoms with E-state index in [1.54, 1.807) is 24.3 Å². The molecule has 0 atom stereocenters. The highest BCUT2D eigenvalue weighted by molar-refractivity contribution is 5.89. The summed E-state index contributed by atoms with van der Waals surface area (Å²) < 4.78 is 0. The highest BCUT2D eigenvalue weighted by atomic mass is 16.3. The standard InChI is InChI=1S/C11H10O3/c12-6-8-4-9-7(5-11(8)14)2-1-3-10(9)13/h1-5,12-14H,6H2. The summed E-state index contributed by atoms with van der Waals surface area (Å²) in [7, 11) is 0. The number of benzene rings is 2. The normalized spacial score (nSPS) is 10.6. The number of fused-ring (bicyclic) bond motifs is 1. The SMILES string of the molecule is OCc1cc2c(O)cccc2cc1O. The molecule has 3 N–H and O–H groups in total. The molecule has 0 aliphatic heterocycles. The third-order valence-corrected chi connectivity index (χ3v) is 2.23. The van der Waals surface area contributed by atoms with Gasteiger partial charge in [0, 0.05) is 10.9 Å². The number of rotatable bonds is 1. The number of aliphatic hydroxyl groups is 1. The lowest BCUT2D eigenvalue weighted by Crippen LogP contribution is -1.85. The first-order valence-electron chi connectivity index (χ1n) is 4.27. The predicted molar refractivity (Wildman–Crippen MR) is 53.2 cm³/mol. The van der Waals surface area contributed by atoms with E-state index in [9.17, 15) is 10.2 Å². The Morgan fingerprint density at radius 2 is 1.79 bits per heavy atom. The Kier molecular flexibility index (Phi) is 2.02. The van der Waals surface area contributed by atoms with Gasteiger partial charge in [0.15, 0.2) is 0 Å². The van der Waals surface area contributed by atoms with Gasteiger partial charge < -0.3 is 15.3 Å². The molecule has 0 aliphatic carbocycles. The van der Waals surface area contributed by atoms with Gasteiger partial charge >= 0.3 is 0 Å². The van der Waals surface area contributed by atoms with E-state index < -0.39 is 0 Å². The predicted octanol–water partition coefficient (Wildman–Crippen LogP) is 1.74. The largest absolute Gasteiger partial charge is 0.508 e. The van der Waals surface area contributed by atoms with E-state index in [-0.39, 0.29) is 18.1 Å². The van der Waals surface area contributed by atoms with Crippen LogP contribution in [0.15, 0.2) is 30.3 Å². The second kappa shape index (κ2) is 3.20. The monoisotopic (exact) mass is 190 g/mol. The maximum Gasteiger partial charge on any atom is 0.123 e. The third kappa shape index (κ3) is 1.28. The molecule has 3 nitrogen and oxygen atoms in total. The zero-order chi connectivity index (χ0) is 10.1. The Bertz CT molecular complexity index is 477. The fourth-order valence-corrected chi connectivity index (χ4v) is 1.47. The molecule has 0 fully saturated rings. The fourth-order valence-electron chi connectivity index (χ4n) is 1.47. The molecule has 0 heterocycles. The second-order valence-electron chi connectivity index (χ2n) is 3.14. The van der Waals surface area contributed by atoms with Crippen LogP contribution >= 0.6 is 0 Å². The Labute approximate surface area is 80.9 Å². The van der Waals surface area contributed by atoms with Crippen LogP contribution in [-0.4, -0.2) is 15.3 Å². The van der Waals surface area contributed by atoms with Crippen molar-refractivity contribution in [3.05, 3.63) is 35.9 Å². The van der Waals surface area contributed by atoms with Gasteiger partial charge in [0.2, 0.25) is 0 Å². The van der Waals surface area contributed by atoms with Crippen LogP contribution < -0.4 is 0 Å². The van der Waals surface area contributed by atoms with E-state index in [0.29, 0.717) is 10.9 Å². The Hall–Kier alpha value is -1.74. The van der Waals surface area contributed by atoms with Crippen molar-refractivity contribution in [3.8, 4) is 11.5 Å². The lowest BCUT2D eigenvalue weighted by molar-refractivity contribution is 0.276. The quantitative estimate of drug-likeness (QED) is 0.642. The molecule has 0 aliphatic rings. The molecule has 0 spiro atoms. The minimum absolute atomic E-state index is 0.0469. The summed E-state index contributed by atoms with van der Waals surface area (Å²) in [5, 5.41) is 29.3. The van der Waals surface area contributed by atoms with Crippen LogP contribution in [0.1, 0.15) is 5.56 Å². The first-order chi connectivity index (χ1) is 6.72. The second-order valence-corrected chi connectivity index (χ2v) is 3.14. The third-order valence-electron chi connectivity index (χ3n) is 2.23. The van der Waals surface area contributed by atoms with Crippen molar-refractivity contribution >= 4 is 10.8 Å². The van der Waals surface area contributed by atoms with Crippen LogP contribution in [-0.2, 0) is 6.61 Å². The van der Waals surface area contributed by atoms with E-state index in [2.05, 4.69) is 0 Å². The Morgan fingerprint density at radius 1 is 1.00 bits per heavy atom. The summed E-state index contributed by atoms with van der Waals surface area (Å²) in [5.41, 5.74) is 0.416. The number of phenols is 2. The lowest BCUT2D eigenvalue weighted by Gasteiger charge is -2.05. The fraction of sp³-hybridized carbons (Fsp3) is 0.0909. The lowest BCUT2D eigenvalue weighted by atomic mass is 10.1. The molecule has 0 amide bonds. The first-order valence-corrected chi connectivity index (χ1v) is 4.27. The van der Waals surface area contributed by atoms with Crippen LogP contribution in [0, 0.1) is 0 Å². The van der Waals surface area contributed by atoms with Gasteiger partial charge in [-0.3, -0.25) is 0 Å². The number of hydrogen-bond donors (Lipinski definition) is 3. The average Bonchev–Trinajstić information content (AvgIpc) is 2.17. The number of aromatic hydroxyl groups is 2. The Morgan fingerprint density at radius 3 is 2.50 bits per heavy atom. The smallest absolute Gasteiger partial charge is 0.123 e. The topological polar surface area (TPSA) is 60.7 Å². The van der Waals surface area contributed by atoms with E-state index in [0.717, 1.165) is 5.39 Å². The average molecular weight is 190 g/mol. The molecule has 0 saturated carbocycles. The first kappa shape index (κ1) is 8.84. The summed E-state index contributed by atoms with van der Waals surface area (Å²) in [4.78, 5) is 0. The summed E-state index contributed by atoms with van der Waals surface area (Å²) in [6, 6.07) is 8.17. The van der Waals surface area contributed by atoms with Crippen molar-refractivity contribution < 1.29 is 15.3 Å². The highest BCUT2D eigenvalue weighted by Crippen LogP contribution is 2.30. The van der Waals surface area contributed by atoms with Gasteiger partial charge in [-0.2, -0.15) is 0 Å². The van der Waals surface area contributed by atoms with Crippen LogP contribution in [0.2, 0.25) is 0 Å². The van der Waals surface area contributed by atoms with Crippen LogP contribution in [0.3, 0.4) is 0 Å². The minimum atomic E-state index is -0.240. The van der Waals surface area contributed by atoms with Crippen LogP contribution in [0.25, 0.3) is 10.8 Å². The molecule has 0 radical (unpaired) electrons. The van der Waals surface area contributed by atoms with Crippen molar-refractivity contribution in [3.63, 3.8) is 0 Å². The van der Waals surface area contributed by atoms with E-state index in [1.165, 1.54) is 6.07 Å². The maximum atomic E-state index is 9.52. The molecule has 3 heteroatoms. The summed E-state index contributed by atoms with van der Waals surface area (Å²) >= 11 is 0. The van der Waals surface area contributed by atoms with Gasteiger partial charge in [-0.25, -0.2) is 0 Å². The zero-order valence-electron chi connectivity index (χ0n) is 7.44. The van der Waals surface area contributed by atoms with Gasteiger partial charge in [0.05, 0.1) is 6.61 Å². The molecule has 72 valence electrons. The van der Waals surface area contributed by atoms with Crippen molar-refractivity contribution in [2.45, 2.75) is 6.61 Å². The van der Waals surface area contributed by atoms with E-state index >= 15 is 0 Å². The molecule has 0 saturated heterocycles. The van der Waals surface area contributed by atoms with Crippen LogP contribution in [0.4, 0.5) is 0 Å². The van der Waals surface area contributed by atoms with Crippen molar-refractivity contribution in [1.29, 1.82) is 0 Å². The van der Waals surface area contributed by atoms with E-state index in [4.69, 9.17) is 5.11 Å². The Balaban J connectivity index is 2.80. The molecule has 2 aromatic rings. The number of aliphatic hydroxyl groups excluding tert-OH is 1. The minimum Gasteiger partial charge on any atom is -0.508 e. The molecule has 2 rings (SSSR count). The molecular weight excluding hydrogens is 180 g/mol. The number of hydrogen-bond acceptors (Lipinski definition) is 3. The molecule has 0 unspecified atom stereocenters. The van der Waals surface area contributed by atoms with Crippen molar-refractivity contribution in [2.24, 2.45) is 0 Å². The zero-order valence-corrected chi connectivity index (χ0v) is 7.44. The maximum absolute atomic E-state index is 9.52. The molecule has 14 heavy (non-hydrogen) atoms. The highest BCUT2D eigenvalue weighted by Gasteiger charge is 2.05. The van der Waals surface area contributed by atoms with Crippen molar-refractivity contribution in [2.75, 3.05) is 0 Å².